The summed E-state index contributed by atoms with van der Waals surface area (Å²) in [5.74, 6) is 2.65. The summed E-state index contributed by atoms with van der Waals surface area (Å²) in [5.41, 5.74) is 3.48. The van der Waals surface area contributed by atoms with Gasteiger partial charge in [-0.15, -0.1) is 0 Å². The van der Waals surface area contributed by atoms with Crippen LogP contribution in [0.1, 0.15) is 57.8 Å². The van der Waals surface area contributed by atoms with Crippen LogP contribution < -0.4 is 5.32 Å². The molecule has 0 radical (unpaired) electrons. The molecule has 0 fully saturated rings. The van der Waals surface area contributed by atoms with E-state index in [1.807, 2.05) is 6.07 Å². The summed E-state index contributed by atoms with van der Waals surface area (Å²) in [7, 11) is 0. The predicted molar refractivity (Wildman–Crippen MR) is 89.8 cm³/mol. The molecular weight excluding hydrogens is 258 g/mol. The lowest BCUT2D eigenvalue weighted by Gasteiger charge is -2.12. The first-order chi connectivity index (χ1) is 10.0. The van der Waals surface area contributed by atoms with Crippen molar-refractivity contribution in [2.75, 3.05) is 11.9 Å². The van der Waals surface area contributed by atoms with E-state index < -0.39 is 0 Å². The molecular formula is C18H25N3. The minimum atomic E-state index is 0.317. The van der Waals surface area contributed by atoms with Gasteiger partial charge in [-0.3, -0.25) is 0 Å². The monoisotopic (exact) mass is 283 g/mol. The van der Waals surface area contributed by atoms with Gasteiger partial charge in [0.25, 0.3) is 0 Å². The molecule has 1 N–H and O–H groups in total. The normalized spacial score (nSPS) is 11.2. The van der Waals surface area contributed by atoms with Crippen LogP contribution in [0.15, 0.2) is 30.3 Å². The average Bonchev–Trinajstić information content (AvgIpc) is 2.47. The summed E-state index contributed by atoms with van der Waals surface area (Å²) in [6.45, 7) is 11.6. The standard InChI is InChI=1S/C18H25N3/c1-6-19-17-11-16(20-18(21-17)13(4)5)15-9-7-14(8-10-15)12(2)3/h7-13H,6H2,1-5H3,(H,19,20,21). The van der Waals surface area contributed by atoms with Crippen LogP contribution in [0, 0.1) is 0 Å². The Kier molecular flexibility index (Phi) is 4.94. The lowest BCUT2D eigenvalue weighted by Crippen LogP contribution is -2.05. The molecule has 0 saturated carbocycles. The highest BCUT2D eigenvalue weighted by molar-refractivity contribution is 5.63. The van der Waals surface area contributed by atoms with Gasteiger partial charge >= 0.3 is 0 Å². The van der Waals surface area contributed by atoms with Crippen LogP contribution in [-0.2, 0) is 0 Å². The third-order valence-electron chi connectivity index (χ3n) is 3.49. The second kappa shape index (κ2) is 6.70. The number of hydrogen-bond donors (Lipinski definition) is 1. The minimum absolute atomic E-state index is 0.317. The largest absolute Gasteiger partial charge is 0.370 e. The van der Waals surface area contributed by atoms with Gasteiger partial charge in [0.1, 0.15) is 11.6 Å². The summed E-state index contributed by atoms with van der Waals surface area (Å²) in [6.07, 6.45) is 0. The van der Waals surface area contributed by atoms with Crippen molar-refractivity contribution in [2.24, 2.45) is 0 Å². The second-order valence-electron chi connectivity index (χ2n) is 5.96. The number of anilines is 1. The molecule has 3 nitrogen and oxygen atoms in total. The van der Waals surface area contributed by atoms with Gasteiger partial charge < -0.3 is 5.32 Å². The van der Waals surface area contributed by atoms with Crippen LogP contribution in [0.4, 0.5) is 5.82 Å². The molecule has 21 heavy (non-hydrogen) atoms. The van der Waals surface area contributed by atoms with Crippen LogP contribution in [0.5, 0.6) is 0 Å². The van der Waals surface area contributed by atoms with Crippen molar-refractivity contribution < 1.29 is 0 Å². The van der Waals surface area contributed by atoms with E-state index in [0.29, 0.717) is 11.8 Å². The van der Waals surface area contributed by atoms with E-state index in [-0.39, 0.29) is 0 Å². The molecule has 1 heterocycles. The Balaban J connectivity index is 2.41. The van der Waals surface area contributed by atoms with E-state index in [0.717, 1.165) is 29.4 Å². The molecule has 1 aromatic heterocycles. The van der Waals surface area contributed by atoms with Crippen molar-refractivity contribution in [3.8, 4) is 11.3 Å². The smallest absolute Gasteiger partial charge is 0.133 e. The average molecular weight is 283 g/mol. The van der Waals surface area contributed by atoms with Crippen molar-refractivity contribution in [1.29, 1.82) is 0 Å². The van der Waals surface area contributed by atoms with Gasteiger partial charge in [0.15, 0.2) is 0 Å². The molecule has 0 aliphatic heterocycles. The first kappa shape index (κ1) is 15.5. The van der Waals surface area contributed by atoms with Crippen LogP contribution in [-0.4, -0.2) is 16.5 Å². The molecule has 3 heteroatoms. The van der Waals surface area contributed by atoms with Gasteiger partial charge in [-0.25, -0.2) is 9.97 Å². The number of nitrogens with one attached hydrogen (secondary N) is 1. The number of aromatic nitrogens is 2. The molecule has 0 bridgehead atoms. The Hall–Kier alpha value is -1.90. The fourth-order valence-corrected chi connectivity index (χ4v) is 2.18. The third-order valence-corrected chi connectivity index (χ3v) is 3.49. The molecule has 2 aromatic rings. The number of hydrogen-bond acceptors (Lipinski definition) is 3. The quantitative estimate of drug-likeness (QED) is 0.854. The van der Waals surface area contributed by atoms with E-state index >= 15 is 0 Å². The summed E-state index contributed by atoms with van der Waals surface area (Å²) in [4.78, 5) is 9.28. The fraction of sp³-hybridized carbons (Fsp3) is 0.444. The van der Waals surface area contributed by atoms with Crippen molar-refractivity contribution in [3.63, 3.8) is 0 Å². The maximum atomic E-state index is 4.71. The second-order valence-corrected chi connectivity index (χ2v) is 5.96. The molecule has 0 spiro atoms. The molecule has 0 aliphatic rings. The van der Waals surface area contributed by atoms with Gasteiger partial charge in [-0.05, 0) is 18.4 Å². The maximum Gasteiger partial charge on any atom is 0.133 e. The number of rotatable bonds is 5. The number of nitrogens with zero attached hydrogens (tertiary/aromatic N) is 2. The molecule has 0 amide bonds. The minimum Gasteiger partial charge on any atom is -0.370 e. The van der Waals surface area contributed by atoms with E-state index in [2.05, 4.69) is 69.2 Å². The first-order valence-electron chi connectivity index (χ1n) is 7.74. The maximum absolute atomic E-state index is 4.71. The Morgan fingerprint density at radius 1 is 0.952 bits per heavy atom. The molecule has 112 valence electrons. The SMILES string of the molecule is CCNc1cc(-c2ccc(C(C)C)cc2)nc(C(C)C)n1. The highest BCUT2D eigenvalue weighted by Gasteiger charge is 2.09. The van der Waals surface area contributed by atoms with Crippen molar-refractivity contribution in [1.82, 2.24) is 9.97 Å². The third kappa shape index (κ3) is 3.81. The summed E-state index contributed by atoms with van der Waals surface area (Å²) < 4.78 is 0. The highest BCUT2D eigenvalue weighted by atomic mass is 15.0. The molecule has 0 unspecified atom stereocenters. The summed E-state index contributed by atoms with van der Waals surface area (Å²) in [5, 5.41) is 3.29. The van der Waals surface area contributed by atoms with Gasteiger partial charge in [0.2, 0.25) is 0 Å². The Morgan fingerprint density at radius 3 is 2.14 bits per heavy atom. The van der Waals surface area contributed by atoms with Gasteiger partial charge in [0.05, 0.1) is 5.69 Å². The lowest BCUT2D eigenvalue weighted by atomic mass is 10.0. The topological polar surface area (TPSA) is 37.8 Å². The Labute approximate surface area is 127 Å². The molecule has 0 saturated heterocycles. The first-order valence-corrected chi connectivity index (χ1v) is 7.74. The van der Waals surface area contributed by atoms with E-state index in [4.69, 9.17) is 4.98 Å². The fourth-order valence-electron chi connectivity index (χ4n) is 2.18. The highest BCUT2D eigenvalue weighted by Crippen LogP contribution is 2.24. The summed E-state index contributed by atoms with van der Waals surface area (Å²) in [6, 6.07) is 10.7. The van der Waals surface area contributed by atoms with Gasteiger partial charge in [-0.2, -0.15) is 0 Å². The zero-order valence-electron chi connectivity index (χ0n) is 13.6. The van der Waals surface area contributed by atoms with Crippen LogP contribution >= 0.6 is 0 Å². The van der Waals surface area contributed by atoms with Crippen molar-refractivity contribution >= 4 is 5.82 Å². The van der Waals surface area contributed by atoms with E-state index in [1.165, 1.54) is 5.56 Å². The van der Waals surface area contributed by atoms with Crippen LogP contribution in [0.2, 0.25) is 0 Å². The zero-order chi connectivity index (χ0) is 15.4. The van der Waals surface area contributed by atoms with Crippen molar-refractivity contribution in [2.45, 2.75) is 46.5 Å². The lowest BCUT2D eigenvalue weighted by molar-refractivity contribution is 0.776. The number of benzene rings is 1. The summed E-state index contributed by atoms with van der Waals surface area (Å²) >= 11 is 0. The Bertz CT molecular complexity index is 586. The molecule has 0 atom stereocenters. The van der Waals surface area contributed by atoms with Gasteiger partial charge in [-0.1, -0.05) is 52.0 Å². The van der Waals surface area contributed by atoms with E-state index in [1.54, 1.807) is 0 Å². The predicted octanol–water partition coefficient (Wildman–Crippen LogP) is 4.82. The molecule has 1 aromatic carbocycles. The van der Waals surface area contributed by atoms with Gasteiger partial charge in [0, 0.05) is 24.1 Å². The molecule has 2 rings (SSSR count). The van der Waals surface area contributed by atoms with Crippen molar-refractivity contribution in [3.05, 3.63) is 41.7 Å². The van der Waals surface area contributed by atoms with Crippen LogP contribution in [0.25, 0.3) is 11.3 Å². The van der Waals surface area contributed by atoms with E-state index in [9.17, 15) is 0 Å². The van der Waals surface area contributed by atoms with Crippen LogP contribution in [0.3, 0.4) is 0 Å². The Morgan fingerprint density at radius 2 is 1.62 bits per heavy atom. The zero-order valence-corrected chi connectivity index (χ0v) is 13.6. The molecule has 0 aliphatic carbocycles.